The van der Waals surface area contributed by atoms with Crippen LogP contribution < -0.4 is 4.74 Å². The number of hydrogen-bond acceptors (Lipinski definition) is 2. The number of hydrogen-bond donors (Lipinski definition) is 0. The number of nitrogens with zero attached hydrogens (tertiary/aromatic N) is 1. The van der Waals surface area contributed by atoms with Crippen LogP contribution in [0.1, 0.15) is 18.4 Å². The van der Waals surface area contributed by atoms with Crippen molar-refractivity contribution in [1.29, 1.82) is 0 Å². The van der Waals surface area contributed by atoms with Gasteiger partial charge in [0.25, 0.3) is 0 Å². The lowest BCUT2D eigenvalue weighted by Crippen LogP contribution is -2.44. The summed E-state index contributed by atoms with van der Waals surface area (Å²) in [6.45, 7) is 3.48. The molecule has 3 nitrogen and oxygen atoms in total. The molecule has 1 aromatic rings. The molecule has 0 aliphatic carbocycles. The smallest absolute Gasteiger partial charge is 0.237 e. The summed E-state index contributed by atoms with van der Waals surface area (Å²) in [4.78, 5) is 13.3. The van der Waals surface area contributed by atoms with Gasteiger partial charge in [-0.25, -0.2) is 0 Å². The van der Waals surface area contributed by atoms with Crippen LogP contribution in [0, 0.1) is 6.92 Å². The van der Waals surface area contributed by atoms with E-state index in [1.54, 1.807) is 4.90 Å². The van der Waals surface area contributed by atoms with Crippen LogP contribution in [0.4, 0.5) is 0 Å². The molecular formula is C14H18ClNO2. The Labute approximate surface area is 113 Å². The lowest BCUT2D eigenvalue weighted by atomic mass is 10.1. The normalized spacial score (nSPS) is 19.7. The number of amides is 1. The maximum absolute atomic E-state index is 11.5. The Morgan fingerprint density at radius 2 is 2.17 bits per heavy atom. The van der Waals surface area contributed by atoms with E-state index in [0.717, 1.165) is 25.1 Å². The van der Waals surface area contributed by atoms with Gasteiger partial charge in [0.1, 0.15) is 17.7 Å². The SMILES string of the molecule is Cc1ccc(OC2CCCN(C(=O)CCl)C2)cc1. The van der Waals surface area contributed by atoms with Crippen LogP contribution in [0.15, 0.2) is 24.3 Å². The van der Waals surface area contributed by atoms with Crippen LogP contribution in [-0.4, -0.2) is 35.9 Å². The number of carbonyl (C=O) groups excluding carboxylic acids is 1. The lowest BCUT2D eigenvalue weighted by molar-refractivity contribution is -0.131. The molecule has 4 heteroatoms. The largest absolute Gasteiger partial charge is 0.489 e. The average molecular weight is 268 g/mol. The number of benzene rings is 1. The second-order valence-corrected chi connectivity index (χ2v) is 4.94. The van der Waals surface area contributed by atoms with Crippen molar-refractivity contribution in [3.05, 3.63) is 29.8 Å². The van der Waals surface area contributed by atoms with Crippen molar-refractivity contribution < 1.29 is 9.53 Å². The molecular weight excluding hydrogens is 250 g/mol. The van der Waals surface area contributed by atoms with Gasteiger partial charge in [0.2, 0.25) is 5.91 Å². The first-order valence-corrected chi connectivity index (χ1v) is 6.79. The molecule has 98 valence electrons. The molecule has 18 heavy (non-hydrogen) atoms. The fourth-order valence-electron chi connectivity index (χ4n) is 2.15. The minimum atomic E-state index is -0.00567. The molecule has 1 unspecified atom stereocenters. The quantitative estimate of drug-likeness (QED) is 0.788. The molecule has 0 aromatic heterocycles. The summed E-state index contributed by atoms with van der Waals surface area (Å²) in [6.07, 6.45) is 2.03. The molecule has 1 fully saturated rings. The van der Waals surface area contributed by atoms with Crippen LogP contribution in [-0.2, 0) is 4.79 Å². The summed E-state index contributed by atoms with van der Waals surface area (Å²) in [5.74, 6) is 0.914. The van der Waals surface area contributed by atoms with Gasteiger partial charge in [0, 0.05) is 6.54 Å². The molecule has 0 radical (unpaired) electrons. The van der Waals surface area contributed by atoms with Gasteiger partial charge in [-0.05, 0) is 31.9 Å². The van der Waals surface area contributed by atoms with Crippen molar-refractivity contribution >= 4 is 17.5 Å². The molecule has 1 atom stereocenters. The fraction of sp³-hybridized carbons (Fsp3) is 0.500. The third kappa shape index (κ3) is 3.39. The summed E-state index contributed by atoms with van der Waals surface area (Å²) < 4.78 is 5.90. The Morgan fingerprint density at radius 3 is 2.83 bits per heavy atom. The zero-order chi connectivity index (χ0) is 13.0. The Kier molecular flexibility index (Phi) is 4.48. The predicted octanol–water partition coefficient (Wildman–Crippen LogP) is 2.60. The van der Waals surface area contributed by atoms with Crippen molar-refractivity contribution in [1.82, 2.24) is 4.90 Å². The molecule has 1 aliphatic rings. The van der Waals surface area contributed by atoms with Crippen molar-refractivity contribution in [2.45, 2.75) is 25.9 Å². The van der Waals surface area contributed by atoms with Gasteiger partial charge >= 0.3 is 0 Å². The fourth-order valence-corrected chi connectivity index (χ4v) is 2.32. The van der Waals surface area contributed by atoms with Gasteiger partial charge in [-0.3, -0.25) is 4.79 Å². The van der Waals surface area contributed by atoms with Gasteiger partial charge in [0.15, 0.2) is 0 Å². The molecule has 1 saturated heterocycles. The summed E-state index contributed by atoms with van der Waals surface area (Å²) >= 11 is 5.58. The minimum absolute atomic E-state index is 0.00567. The van der Waals surface area contributed by atoms with E-state index in [2.05, 4.69) is 0 Å². The van der Waals surface area contributed by atoms with E-state index in [0.29, 0.717) is 6.54 Å². The van der Waals surface area contributed by atoms with E-state index < -0.39 is 0 Å². The molecule has 0 bridgehead atoms. The van der Waals surface area contributed by atoms with E-state index in [-0.39, 0.29) is 17.9 Å². The maximum Gasteiger partial charge on any atom is 0.237 e. The van der Waals surface area contributed by atoms with Gasteiger partial charge in [-0.1, -0.05) is 17.7 Å². The van der Waals surface area contributed by atoms with E-state index >= 15 is 0 Å². The molecule has 1 heterocycles. The Morgan fingerprint density at radius 1 is 1.44 bits per heavy atom. The number of carbonyl (C=O) groups is 1. The first-order chi connectivity index (χ1) is 8.69. The molecule has 1 amide bonds. The highest BCUT2D eigenvalue weighted by Gasteiger charge is 2.24. The Bertz CT molecular complexity index is 405. The van der Waals surface area contributed by atoms with Crippen molar-refractivity contribution in [2.75, 3.05) is 19.0 Å². The van der Waals surface area contributed by atoms with E-state index in [9.17, 15) is 4.79 Å². The minimum Gasteiger partial charge on any atom is -0.489 e. The number of halogens is 1. The zero-order valence-corrected chi connectivity index (χ0v) is 11.3. The molecule has 2 rings (SSSR count). The first kappa shape index (κ1) is 13.2. The van der Waals surface area contributed by atoms with Gasteiger partial charge in [-0.2, -0.15) is 0 Å². The second kappa shape index (κ2) is 6.10. The standard InChI is InChI=1S/C14H18ClNO2/c1-11-4-6-12(7-5-11)18-13-3-2-8-16(10-13)14(17)9-15/h4-7,13H,2-3,8-10H2,1H3. The number of ether oxygens (including phenoxy) is 1. The number of aryl methyl sites for hydroxylation is 1. The summed E-state index contributed by atoms with van der Waals surface area (Å²) in [5, 5.41) is 0. The number of piperidine rings is 1. The highest BCUT2D eigenvalue weighted by molar-refractivity contribution is 6.27. The Balaban J connectivity index is 1.93. The van der Waals surface area contributed by atoms with E-state index in [1.165, 1.54) is 5.56 Å². The van der Waals surface area contributed by atoms with E-state index in [1.807, 2.05) is 31.2 Å². The average Bonchev–Trinajstić information content (AvgIpc) is 2.41. The van der Waals surface area contributed by atoms with Crippen LogP contribution in [0.25, 0.3) is 0 Å². The Hall–Kier alpha value is -1.22. The monoisotopic (exact) mass is 267 g/mol. The molecule has 0 saturated carbocycles. The highest BCUT2D eigenvalue weighted by atomic mass is 35.5. The summed E-state index contributed by atoms with van der Waals surface area (Å²) in [5.41, 5.74) is 1.21. The van der Waals surface area contributed by atoms with Crippen LogP contribution >= 0.6 is 11.6 Å². The third-order valence-electron chi connectivity index (χ3n) is 3.17. The van der Waals surface area contributed by atoms with Crippen LogP contribution in [0.2, 0.25) is 0 Å². The summed E-state index contributed by atoms with van der Waals surface area (Å²) in [6, 6.07) is 8.00. The maximum atomic E-state index is 11.5. The highest BCUT2D eigenvalue weighted by Crippen LogP contribution is 2.19. The van der Waals surface area contributed by atoms with Crippen molar-refractivity contribution in [3.63, 3.8) is 0 Å². The number of alkyl halides is 1. The van der Waals surface area contributed by atoms with Crippen LogP contribution in [0.3, 0.4) is 0 Å². The van der Waals surface area contributed by atoms with Crippen LogP contribution in [0.5, 0.6) is 5.75 Å². The predicted molar refractivity (Wildman–Crippen MR) is 72.1 cm³/mol. The van der Waals surface area contributed by atoms with Gasteiger partial charge in [0.05, 0.1) is 6.54 Å². The van der Waals surface area contributed by atoms with Gasteiger partial charge < -0.3 is 9.64 Å². The molecule has 0 N–H and O–H groups in total. The topological polar surface area (TPSA) is 29.5 Å². The molecule has 0 spiro atoms. The second-order valence-electron chi connectivity index (χ2n) is 4.67. The third-order valence-corrected chi connectivity index (χ3v) is 3.40. The lowest BCUT2D eigenvalue weighted by Gasteiger charge is -2.32. The summed E-state index contributed by atoms with van der Waals surface area (Å²) in [7, 11) is 0. The van der Waals surface area contributed by atoms with E-state index in [4.69, 9.17) is 16.3 Å². The number of rotatable bonds is 3. The van der Waals surface area contributed by atoms with Crippen molar-refractivity contribution in [2.24, 2.45) is 0 Å². The van der Waals surface area contributed by atoms with Gasteiger partial charge in [-0.15, -0.1) is 11.6 Å². The zero-order valence-electron chi connectivity index (χ0n) is 10.6. The van der Waals surface area contributed by atoms with Crippen molar-refractivity contribution in [3.8, 4) is 5.75 Å². The molecule has 1 aromatic carbocycles. The number of likely N-dealkylation sites (tertiary alicyclic amines) is 1. The first-order valence-electron chi connectivity index (χ1n) is 6.26. The molecule has 1 aliphatic heterocycles.